The predicted octanol–water partition coefficient (Wildman–Crippen LogP) is 6.18. The Hall–Kier alpha value is -2.36. The molecule has 0 aromatic heterocycles. The first kappa shape index (κ1) is 21.5. The molecule has 170 valence electrons. The lowest BCUT2D eigenvalue weighted by Crippen LogP contribution is -2.20. The van der Waals surface area contributed by atoms with Crippen molar-refractivity contribution in [3.8, 4) is 0 Å². The molecule has 0 amide bonds. The standard InChI is InChI=1S/C28H38N4/c1-25(2)13-17-10-22-27(5,6)15-19(31-22)12-24-28(7,8)16-20(32-24)11-23-26(3,4)14-18(30-23)9-21(25)29-17/h9-13,19,30-31H,14-16H2,1-8H3/b18-9-,22-10-,23-11-,24-12-. The van der Waals surface area contributed by atoms with Crippen LogP contribution < -0.4 is 10.6 Å². The number of allylic oxidation sites excluding steroid dienone is 8. The smallest absolute Gasteiger partial charge is 0.0620 e. The van der Waals surface area contributed by atoms with Gasteiger partial charge in [-0.05, 0) is 43.2 Å². The van der Waals surface area contributed by atoms with Crippen LogP contribution in [0.1, 0.15) is 74.7 Å². The average Bonchev–Trinajstić information content (AvgIpc) is 3.25. The molecule has 8 bridgehead atoms. The molecular weight excluding hydrogens is 392 g/mol. The molecule has 2 fully saturated rings. The van der Waals surface area contributed by atoms with Gasteiger partial charge in [-0.25, -0.2) is 0 Å². The molecule has 0 aromatic carbocycles. The summed E-state index contributed by atoms with van der Waals surface area (Å²) in [4.78, 5) is 10.2. The van der Waals surface area contributed by atoms with Crippen LogP contribution in [0.4, 0.5) is 0 Å². The Balaban J connectivity index is 1.66. The van der Waals surface area contributed by atoms with Gasteiger partial charge in [0, 0.05) is 62.6 Å². The molecule has 0 aliphatic carbocycles. The summed E-state index contributed by atoms with van der Waals surface area (Å²) in [5.74, 6) is 0. The quantitative estimate of drug-likeness (QED) is 0.482. The second-order valence-corrected chi connectivity index (χ2v) is 12.8. The molecule has 5 rings (SSSR count). The van der Waals surface area contributed by atoms with Gasteiger partial charge in [0.25, 0.3) is 0 Å². The maximum Gasteiger partial charge on any atom is 0.0620 e. The van der Waals surface area contributed by atoms with Crippen molar-refractivity contribution in [1.29, 1.82) is 0 Å². The van der Waals surface area contributed by atoms with Crippen LogP contribution >= 0.6 is 0 Å². The fraction of sp³-hybridized carbons (Fsp3) is 0.571. The van der Waals surface area contributed by atoms with Crippen molar-refractivity contribution in [2.24, 2.45) is 31.6 Å². The maximum atomic E-state index is 5.13. The van der Waals surface area contributed by atoms with Gasteiger partial charge in [0.1, 0.15) is 0 Å². The van der Waals surface area contributed by atoms with Gasteiger partial charge in [0.05, 0.1) is 11.4 Å². The summed E-state index contributed by atoms with van der Waals surface area (Å²) >= 11 is 0. The molecule has 5 aliphatic rings. The lowest BCUT2D eigenvalue weighted by atomic mass is 9.83. The third-order valence-electron chi connectivity index (χ3n) is 7.73. The highest BCUT2D eigenvalue weighted by Gasteiger charge is 2.40. The van der Waals surface area contributed by atoms with Crippen molar-refractivity contribution in [1.82, 2.24) is 10.6 Å². The van der Waals surface area contributed by atoms with Crippen LogP contribution in [0.25, 0.3) is 0 Å². The Morgan fingerprint density at radius 2 is 1.56 bits per heavy atom. The monoisotopic (exact) mass is 430 g/mol. The number of fused-ring (bicyclic) bond motifs is 6. The summed E-state index contributed by atoms with van der Waals surface area (Å²) in [6, 6.07) is 0.292. The highest BCUT2D eigenvalue weighted by molar-refractivity contribution is 6.04. The van der Waals surface area contributed by atoms with Crippen LogP contribution in [0.2, 0.25) is 0 Å². The van der Waals surface area contributed by atoms with Crippen molar-refractivity contribution >= 4 is 11.4 Å². The molecule has 32 heavy (non-hydrogen) atoms. The number of hydrogen-bond acceptors (Lipinski definition) is 4. The topological polar surface area (TPSA) is 48.8 Å². The van der Waals surface area contributed by atoms with Crippen LogP contribution in [0.5, 0.6) is 0 Å². The lowest BCUT2D eigenvalue weighted by Gasteiger charge is -2.20. The van der Waals surface area contributed by atoms with Gasteiger partial charge in [0.15, 0.2) is 0 Å². The summed E-state index contributed by atoms with van der Waals surface area (Å²) in [5, 5.41) is 7.53. The maximum absolute atomic E-state index is 5.13. The minimum absolute atomic E-state index is 0.0524. The lowest BCUT2D eigenvalue weighted by molar-refractivity contribution is 0.449. The summed E-state index contributed by atoms with van der Waals surface area (Å²) in [6.45, 7) is 18.5. The second-order valence-electron chi connectivity index (χ2n) is 12.8. The van der Waals surface area contributed by atoms with Gasteiger partial charge in [-0.2, -0.15) is 0 Å². The molecule has 0 spiro atoms. The Morgan fingerprint density at radius 3 is 2.31 bits per heavy atom. The minimum atomic E-state index is -0.0804. The van der Waals surface area contributed by atoms with Crippen LogP contribution in [0.3, 0.4) is 0 Å². The number of aliphatic imine (C=N–C) groups is 2. The second kappa shape index (κ2) is 6.59. The van der Waals surface area contributed by atoms with Crippen molar-refractivity contribution in [3.05, 3.63) is 58.9 Å². The first-order valence-corrected chi connectivity index (χ1v) is 12.0. The Morgan fingerprint density at radius 1 is 0.812 bits per heavy atom. The fourth-order valence-corrected chi connectivity index (χ4v) is 5.68. The molecular formula is C28H38N4. The highest BCUT2D eigenvalue weighted by atomic mass is 15.0. The van der Waals surface area contributed by atoms with Crippen LogP contribution in [0.15, 0.2) is 68.9 Å². The molecule has 2 N–H and O–H groups in total. The molecule has 1 atom stereocenters. The van der Waals surface area contributed by atoms with E-state index in [4.69, 9.17) is 9.98 Å². The van der Waals surface area contributed by atoms with Gasteiger partial charge >= 0.3 is 0 Å². The van der Waals surface area contributed by atoms with E-state index in [9.17, 15) is 0 Å². The summed E-state index contributed by atoms with van der Waals surface area (Å²) < 4.78 is 0. The van der Waals surface area contributed by atoms with Gasteiger partial charge in [-0.15, -0.1) is 0 Å². The molecule has 0 saturated carbocycles. The molecule has 5 heterocycles. The van der Waals surface area contributed by atoms with E-state index >= 15 is 0 Å². The average molecular weight is 431 g/mol. The van der Waals surface area contributed by atoms with Crippen molar-refractivity contribution in [2.45, 2.75) is 80.7 Å². The van der Waals surface area contributed by atoms with E-state index < -0.39 is 0 Å². The molecule has 1 unspecified atom stereocenters. The number of hydrogen-bond donors (Lipinski definition) is 2. The Bertz CT molecular complexity index is 1100. The molecule has 0 aromatic rings. The van der Waals surface area contributed by atoms with E-state index in [0.29, 0.717) is 6.04 Å². The largest absolute Gasteiger partial charge is 0.382 e. The third kappa shape index (κ3) is 3.62. The van der Waals surface area contributed by atoms with E-state index in [1.165, 1.54) is 28.5 Å². The highest BCUT2D eigenvalue weighted by Crippen LogP contribution is 2.45. The zero-order valence-electron chi connectivity index (χ0n) is 21.0. The summed E-state index contributed by atoms with van der Waals surface area (Å²) in [6.07, 6.45) is 14.6. The Labute approximate surface area is 193 Å². The van der Waals surface area contributed by atoms with E-state index in [1.807, 2.05) is 0 Å². The molecule has 4 nitrogen and oxygen atoms in total. The zero-order valence-corrected chi connectivity index (χ0v) is 21.0. The van der Waals surface area contributed by atoms with E-state index in [1.54, 1.807) is 0 Å². The first-order valence-electron chi connectivity index (χ1n) is 12.0. The van der Waals surface area contributed by atoms with Crippen molar-refractivity contribution < 1.29 is 0 Å². The van der Waals surface area contributed by atoms with Crippen molar-refractivity contribution in [2.75, 3.05) is 0 Å². The predicted molar refractivity (Wildman–Crippen MR) is 134 cm³/mol. The fourth-order valence-electron chi connectivity index (χ4n) is 5.68. The van der Waals surface area contributed by atoms with Gasteiger partial charge in [0.2, 0.25) is 0 Å². The van der Waals surface area contributed by atoms with Gasteiger partial charge < -0.3 is 10.6 Å². The molecule has 5 aliphatic heterocycles. The van der Waals surface area contributed by atoms with Gasteiger partial charge in [-0.3, -0.25) is 9.98 Å². The van der Waals surface area contributed by atoms with Gasteiger partial charge in [-0.1, -0.05) is 55.4 Å². The SMILES string of the molecule is CC1(C)C=C2/C=C3\NC(/C=C4N=C(/C=C5\N/C(=C\C1=N2)CC5(C)C)CC\4(C)C)CC3(C)C. The third-order valence-corrected chi connectivity index (χ3v) is 7.73. The molecule has 4 heteroatoms. The van der Waals surface area contributed by atoms with E-state index in [-0.39, 0.29) is 21.7 Å². The number of nitrogens with zero attached hydrogens (tertiary/aromatic N) is 2. The summed E-state index contributed by atoms with van der Waals surface area (Å²) in [7, 11) is 0. The minimum Gasteiger partial charge on any atom is -0.382 e. The zero-order chi connectivity index (χ0) is 23.1. The van der Waals surface area contributed by atoms with E-state index in [0.717, 1.165) is 30.7 Å². The van der Waals surface area contributed by atoms with Crippen LogP contribution in [-0.2, 0) is 0 Å². The van der Waals surface area contributed by atoms with Crippen LogP contribution in [-0.4, -0.2) is 17.5 Å². The van der Waals surface area contributed by atoms with E-state index in [2.05, 4.69) is 96.4 Å². The molecule has 0 radical (unpaired) electrons. The first-order chi connectivity index (χ1) is 14.7. The molecule has 2 saturated heterocycles. The number of nitrogens with one attached hydrogen (secondary N) is 2. The summed E-state index contributed by atoms with van der Waals surface area (Å²) in [5.41, 5.74) is 8.48. The van der Waals surface area contributed by atoms with Crippen LogP contribution in [0, 0.1) is 21.7 Å². The Kier molecular flexibility index (Phi) is 4.42. The normalized spacial score (nSPS) is 37.2. The van der Waals surface area contributed by atoms with Crippen molar-refractivity contribution in [3.63, 3.8) is 0 Å². The number of rotatable bonds is 0.